The summed E-state index contributed by atoms with van der Waals surface area (Å²) in [6.07, 6.45) is 2.05. The third-order valence-electron chi connectivity index (χ3n) is 4.99. The number of halogens is 1. The van der Waals surface area contributed by atoms with Crippen LogP contribution < -0.4 is 10.2 Å². The molecule has 26 heavy (non-hydrogen) atoms. The van der Waals surface area contributed by atoms with Crippen molar-refractivity contribution in [2.45, 2.75) is 51.6 Å². The van der Waals surface area contributed by atoms with Crippen molar-refractivity contribution in [3.8, 4) is 0 Å². The molecule has 1 N–H and O–H groups in total. The van der Waals surface area contributed by atoms with E-state index >= 15 is 0 Å². The summed E-state index contributed by atoms with van der Waals surface area (Å²) in [4.78, 5) is 26.2. The Kier molecular flexibility index (Phi) is 5.47. The van der Waals surface area contributed by atoms with Crippen LogP contribution in [0.2, 0.25) is 5.02 Å². The number of esters is 1. The van der Waals surface area contributed by atoms with Gasteiger partial charge < -0.3 is 15.0 Å². The number of rotatable bonds is 3. The summed E-state index contributed by atoms with van der Waals surface area (Å²) in [5, 5.41) is 3.59. The lowest BCUT2D eigenvalue weighted by Crippen LogP contribution is -2.39. The average Bonchev–Trinajstić information content (AvgIpc) is 2.99. The third-order valence-corrected chi connectivity index (χ3v) is 5.22. The van der Waals surface area contributed by atoms with Crippen molar-refractivity contribution in [3.63, 3.8) is 0 Å². The van der Waals surface area contributed by atoms with Crippen molar-refractivity contribution in [3.05, 3.63) is 28.8 Å². The molecule has 0 bridgehead atoms. The molecule has 2 saturated heterocycles. The first-order valence-corrected chi connectivity index (χ1v) is 9.64. The molecule has 1 amide bonds. The van der Waals surface area contributed by atoms with Crippen LogP contribution in [0.15, 0.2) is 18.2 Å². The van der Waals surface area contributed by atoms with E-state index in [2.05, 4.69) is 10.2 Å². The lowest BCUT2D eigenvalue weighted by molar-refractivity contribution is -0.160. The molecule has 3 rings (SSSR count). The lowest BCUT2D eigenvalue weighted by atomic mass is 9.92. The van der Waals surface area contributed by atoms with Gasteiger partial charge in [-0.3, -0.25) is 9.59 Å². The number of ether oxygens (including phenoxy) is 1. The Balaban J connectivity index is 1.70. The molecule has 0 radical (unpaired) electrons. The van der Waals surface area contributed by atoms with Gasteiger partial charge in [0.1, 0.15) is 5.60 Å². The molecule has 0 aliphatic carbocycles. The van der Waals surface area contributed by atoms with Gasteiger partial charge in [0.05, 0.1) is 5.92 Å². The normalized spacial score (nSPS) is 21.6. The Hall–Kier alpha value is -1.75. The quantitative estimate of drug-likeness (QED) is 0.818. The SMILES string of the molecule is CC(C)(C)OC(=O)C1CCN(c2cc(Cl)ccc2[C@H]2CNC(=O)C2)CC1. The van der Waals surface area contributed by atoms with E-state index in [1.165, 1.54) is 0 Å². The fraction of sp³-hybridized carbons (Fsp3) is 0.600. The van der Waals surface area contributed by atoms with Gasteiger partial charge in [0.15, 0.2) is 0 Å². The van der Waals surface area contributed by atoms with Crippen molar-refractivity contribution in [2.75, 3.05) is 24.5 Å². The van der Waals surface area contributed by atoms with Crippen LogP contribution >= 0.6 is 11.6 Å². The number of nitrogens with one attached hydrogen (secondary N) is 1. The van der Waals surface area contributed by atoms with Crippen LogP contribution in [0.4, 0.5) is 5.69 Å². The van der Waals surface area contributed by atoms with Gasteiger partial charge in [-0.05, 0) is 51.3 Å². The molecular formula is C20H27ClN2O3. The van der Waals surface area contributed by atoms with E-state index in [4.69, 9.17) is 16.3 Å². The highest BCUT2D eigenvalue weighted by atomic mass is 35.5. The maximum absolute atomic E-state index is 12.3. The number of carbonyl (C=O) groups is 2. The van der Waals surface area contributed by atoms with E-state index in [-0.39, 0.29) is 23.7 Å². The first kappa shape index (κ1) is 19.0. The summed E-state index contributed by atoms with van der Waals surface area (Å²) in [6.45, 7) is 7.93. The van der Waals surface area contributed by atoms with Crippen molar-refractivity contribution < 1.29 is 14.3 Å². The van der Waals surface area contributed by atoms with Crippen LogP contribution in [0.5, 0.6) is 0 Å². The highest BCUT2D eigenvalue weighted by Gasteiger charge is 2.31. The molecule has 0 unspecified atom stereocenters. The highest BCUT2D eigenvalue weighted by Crippen LogP contribution is 2.36. The molecule has 0 aromatic heterocycles. The first-order valence-electron chi connectivity index (χ1n) is 9.27. The topological polar surface area (TPSA) is 58.6 Å². The fourth-order valence-electron chi connectivity index (χ4n) is 3.70. The van der Waals surface area contributed by atoms with E-state index in [9.17, 15) is 9.59 Å². The molecule has 0 spiro atoms. The van der Waals surface area contributed by atoms with Crippen LogP contribution in [-0.4, -0.2) is 37.1 Å². The zero-order valence-corrected chi connectivity index (χ0v) is 16.4. The zero-order valence-electron chi connectivity index (χ0n) is 15.7. The fourth-order valence-corrected chi connectivity index (χ4v) is 3.87. The second-order valence-corrected chi connectivity index (χ2v) is 8.64. The minimum Gasteiger partial charge on any atom is -0.460 e. The molecular weight excluding hydrogens is 352 g/mol. The number of amides is 1. The Labute approximate surface area is 160 Å². The minimum atomic E-state index is -0.448. The minimum absolute atomic E-state index is 0.0529. The Morgan fingerprint density at radius 1 is 1.27 bits per heavy atom. The average molecular weight is 379 g/mol. The van der Waals surface area contributed by atoms with Crippen LogP contribution in [-0.2, 0) is 14.3 Å². The summed E-state index contributed by atoms with van der Waals surface area (Å²) in [5.74, 6) is 0.120. The lowest BCUT2D eigenvalue weighted by Gasteiger charge is -2.35. The Bertz CT molecular complexity index is 691. The van der Waals surface area contributed by atoms with Gasteiger partial charge in [0.2, 0.25) is 5.91 Å². The van der Waals surface area contributed by atoms with E-state index in [0.29, 0.717) is 18.0 Å². The second-order valence-electron chi connectivity index (χ2n) is 8.20. The Morgan fingerprint density at radius 2 is 1.96 bits per heavy atom. The third kappa shape index (κ3) is 4.50. The summed E-state index contributed by atoms with van der Waals surface area (Å²) in [5.41, 5.74) is 1.79. The Morgan fingerprint density at radius 3 is 2.54 bits per heavy atom. The summed E-state index contributed by atoms with van der Waals surface area (Å²) >= 11 is 6.24. The molecule has 0 saturated carbocycles. The smallest absolute Gasteiger partial charge is 0.309 e. The molecule has 5 nitrogen and oxygen atoms in total. The van der Waals surface area contributed by atoms with Gasteiger partial charge in [-0.2, -0.15) is 0 Å². The van der Waals surface area contributed by atoms with Crippen LogP contribution in [0.3, 0.4) is 0 Å². The molecule has 1 atom stereocenters. The molecule has 2 fully saturated rings. The summed E-state index contributed by atoms with van der Waals surface area (Å²) in [6, 6.07) is 5.90. The van der Waals surface area contributed by atoms with Gasteiger partial charge in [-0.15, -0.1) is 0 Å². The number of nitrogens with zero attached hydrogens (tertiary/aromatic N) is 1. The van der Waals surface area contributed by atoms with Crippen molar-refractivity contribution in [1.29, 1.82) is 0 Å². The van der Waals surface area contributed by atoms with Crippen LogP contribution in [0.25, 0.3) is 0 Å². The van der Waals surface area contributed by atoms with Gasteiger partial charge in [0, 0.05) is 42.7 Å². The van der Waals surface area contributed by atoms with E-state index in [1.54, 1.807) is 0 Å². The van der Waals surface area contributed by atoms with Gasteiger partial charge in [-0.25, -0.2) is 0 Å². The monoisotopic (exact) mass is 378 g/mol. The predicted molar refractivity (Wildman–Crippen MR) is 103 cm³/mol. The molecule has 1 aromatic carbocycles. The number of benzene rings is 1. The number of hydrogen-bond donors (Lipinski definition) is 1. The molecule has 142 valence electrons. The predicted octanol–water partition coefficient (Wildman–Crippen LogP) is 3.50. The second kappa shape index (κ2) is 7.47. The number of carbonyl (C=O) groups excluding carboxylic acids is 2. The first-order chi connectivity index (χ1) is 12.2. The number of anilines is 1. The molecule has 6 heteroatoms. The maximum atomic E-state index is 12.3. The van der Waals surface area contributed by atoms with Crippen molar-refractivity contribution in [2.24, 2.45) is 5.92 Å². The molecule has 1 aromatic rings. The zero-order chi connectivity index (χ0) is 18.9. The molecule has 2 aliphatic rings. The summed E-state index contributed by atoms with van der Waals surface area (Å²) < 4.78 is 5.53. The highest BCUT2D eigenvalue weighted by molar-refractivity contribution is 6.30. The van der Waals surface area contributed by atoms with Crippen molar-refractivity contribution >= 4 is 29.2 Å². The van der Waals surface area contributed by atoms with Crippen LogP contribution in [0.1, 0.15) is 51.5 Å². The van der Waals surface area contributed by atoms with Gasteiger partial charge in [0.25, 0.3) is 0 Å². The number of hydrogen-bond acceptors (Lipinski definition) is 4. The number of piperidine rings is 1. The van der Waals surface area contributed by atoms with E-state index in [1.807, 2.05) is 39.0 Å². The molecule has 2 heterocycles. The largest absolute Gasteiger partial charge is 0.460 e. The van der Waals surface area contributed by atoms with Crippen molar-refractivity contribution in [1.82, 2.24) is 5.32 Å². The van der Waals surface area contributed by atoms with Crippen LogP contribution in [0, 0.1) is 5.92 Å². The standard InChI is InChI=1S/C20H27ClN2O3/c1-20(2,3)26-19(25)13-6-8-23(9-7-13)17-11-15(21)4-5-16(17)14-10-18(24)22-12-14/h4-5,11,13-14H,6-10,12H2,1-3H3,(H,22,24)/t14-/m1/s1. The van der Waals surface area contributed by atoms with E-state index in [0.717, 1.165) is 37.2 Å². The maximum Gasteiger partial charge on any atom is 0.309 e. The van der Waals surface area contributed by atoms with Gasteiger partial charge >= 0.3 is 5.97 Å². The van der Waals surface area contributed by atoms with E-state index < -0.39 is 5.60 Å². The molecule has 2 aliphatic heterocycles. The van der Waals surface area contributed by atoms with Gasteiger partial charge in [-0.1, -0.05) is 17.7 Å². The summed E-state index contributed by atoms with van der Waals surface area (Å²) in [7, 11) is 0.